The number of halogens is 5. The van der Waals surface area contributed by atoms with Crippen molar-refractivity contribution in [2.45, 2.75) is 19.0 Å². The van der Waals surface area contributed by atoms with Crippen molar-refractivity contribution in [3.8, 4) is 22.6 Å². The smallest absolute Gasteiger partial charge is 0.256 e. The van der Waals surface area contributed by atoms with Gasteiger partial charge in [-0.1, -0.05) is 23.7 Å². The Bertz CT molecular complexity index is 2880. The average Bonchev–Trinajstić information content (AvgIpc) is 3.22. The Morgan fingerprint density at radius 2 is 1.15 bits per heavy atom. The lowest BCUT2D eigenvalue weighted by molar-refractivity contribution is -0.114. The zero-order chi connectivity index (χ0) is 44.0. The highest BCUT2D eigenvalue weighted by Crippen LogP contribution is 2.30. The number of anilines is 3. The number of benzene rings is 3. The molecule has 7 N–H and O–H groups in total. The quantitative estimate of drug-likeness (QED) is 0.0684. The number of aliphatic hydroxyl groups is 4. The molecule has 7 rings (SSSR count). The van der Waals surface area contributed by atoms with Gasteiger partial charge in [-0.3, -0.25) is 23.5 Å². The van der Waals surface area contributed by atoms with Gasteiger partial charge in [0.05, 0.1) is 61.0 Å². The Labute approximate surface area is 346 Å². The molecule has 0 fully saturated rings. The molecule has 7 aromatic rings. The van der Waals surface area contributed by atoms with Crippen molar-refractivity contribution in [2.24, 2.45) is 0 Å². The van der Waals surface area contributed by atoms with Gasteiger partial charge in [0.15, 0.2) is 11.3 Å². The maximum atomic E-state index is 14.7. The van der Waals surface area contributed by atoms with Crippen LogP contribution in [0, 0.1) is 23.3 Å². The minimum atomic E-state index is -0.967. The van der Waals surface area contributed by atoms with Gasteiger partial charge in [0.1, 0.15) is 28.4 Å². The molecule has 0 bridgehead atoms. The van der Waals surface area contributed by atoms with Crippen LogP contribution in [0.2, 0.25) is 5.15 Å². The molecule has 1 amide bonds. The molecule has 4 aromatic heterocycles. The second-order valence-corrected chi connectivity index (χ2v) is 13.4. The van der Waals surface area contributed by atoms with Gasteiger partial charge in [-0.05, 0) is 48.5 Å². The first-order valence-corrected chi connectivity index (χ1v) is 18.4. The maximum Gasteiger partial charge on any atom is 0.256 e. The topological polar surface area (TPSA) is 230 Å². The van der Waals surface area contributed by atoms with Crippen LogP contribution in [0.4, 0.5) is 35.1 Å². The van der Waals surface area contributed by atoms with Crippen LogP contribution in [-0.2, 0) is 4.79 Å². The Kier molecular flexibility index (Phi) is 13.6. The zero-order valence-electron chi connectivity index (χ0n) is 31.7. The van der Waals surface area contributed by atoms with Crippen LogP contribution >= 0.6 is 11.6 Å². The van der Waals surface area contributed by atoms with Crippen molar-refractivity contribution in [3.63, 3.8) is 0 Å². The van der Waals surface area contributed by atoms with E-state index in [9.17, 15) is 42.2 Å². The van der Waals surface area contributed by atoms with Gasteiger partial charge in [-0.2, -0.15) is 9.97 Å². The normalized spacial score (nSPS) is 11.2. The molecule has 16 nitrogen and oxygen atoms in total. The number of pyridine rings is 2. The summed E-state index contributed by atoms with van der Waals surface area (Å²) in [4.78, 5) is 53.7. The summed E-state index contributed by atoms with van der Waals surface area (Å²) in [5.41, 5.74) is -0.283. The van der Waals surface area contributed by atoms with E-state index >= 15 is 0 Å². The first-order valence-electron chi connectivity index (χ1n) is 18.0. The number of fused-ring (bicyclic) bond motifs is 2. The third-order valence-corrected chi connectivity index (χ3v) is 9.05. The highest BCUT2D eigenvalue weighted by atomic mass is 35.5. The number of nitrogens with zero attached hydrogens (tertiary/aromatic N) is 6. The summed E-state index contributed by atoms with van der Waals surface area (Å²) in [5.74, 6) is -3.90. The zero-order valence-corrected chi connectivity index (χ0v) is 32.4. The highest BCUT2D eigenvalue weighted by Gasteiger charge is 2.20. The Balaban J connectivity index is 0.000000213. The minimum Gasteiger partial charge on any atom is -0.394 e. The standard InChI is InChI=1S/C24H21F2N5O4.C16H13ClF2N4O3/c1-13(34)27-16-4-2-3-14(9-16)22-18-6-8-21(35)31(20-7-5-15(25)10-19(20)26)23(18)30-24(29-22)28-17(11-32)12-33;17-14-10-2-4-13(26)23(12-3-1-8(18)5-11(12)19)15(10)22-16(21-14)20-9(6-24)7-25/h2-10,17,32-33H,11-12H2,1H3,(H,27,34)(H,28,29,30);1-5,9,24-25H,6-7H2,(H,20,21,22). The highest BCUT2D eigenvalue weighted by molar-refractivity contribution is 6.34. The molecule has 0 aliphatic rings. The number of hydrogen-bond donors (Lipinski definition) is 7. The predicted molar refractivity (Wildman–Crippen MR) is 218 cm³/mol. The molecule has 0 saturated heterocycles. The van der Waals surface area contributed by atoms with E-state index in [-0.39, 0.29) is 51.0 Å². The number of rotatable bonds is 12. The van der Waals surface area contributed by atoms with Gasteiger partial charge < -0.3 is 36.4 Å². The first-order chi connectivity index (χ1) is 29.2. The molecule has 61 heavy (non-hydrogen) atoms. The lowest BCUT2D eigenvalue weighted by atomic mass is 10.1. The van der Waals surface area contributed by atoms with Crippen LogP contribution < -0.4 is 27.1 Å². The van der Waals surface area contributed by atoms with E-state index in [1.807, 2.05) is 0 Å². The molecule has 316 valence electrons. The molecule has 3 aromatic carbocycles. The van der Waals surface area contributed by atoms with Gasteiger partial charge in [-0.15, -0.1) is 0 Å². The van der Waals surface area contributed by atoms with Crippen LogP contribution in [0.5, 0.6) is 0 Å². The summed E-state index contributed by atoms with van der Waals surface area (Å²) in [6.07, 6.45) is 0. The van der Waals surface area contributed by atoms with Crippen LogP contribution in [0.1, 0.15) is 6.92 Å². The largest absolute Gasteiger partial charge is 0.394 e. The molecule has 0 unspecified atom stereocenters. The van der Waals surface area contributed by atoms with E-state index in [4.69, 9.17) is 21.8 Å². The molecule has 0 saturated carbocycles. The summed E-state index contributed by atoms with van der Waals surface area (Å²) in [6, 6.07) is 16.0. The lowest BCUT2D eigenvalue weighted by Crippen LogP contribution is -2.29. The van der Waals surface area contributed by atoms with E-state index < -0.39 is 72.9 Å². The second kappa shape index (κ2) is 19.0. The summed E-state index contributed by atoms with van der Waals surface area (Å²) in [6.45, 7) is -0.291. The molecule has 0 aliphatic carbocycles. The Morgan fingerprint density at radius 1 is 0.656 bits per heavy atom. The molecular formula is C40H34ClF4N9O7. The average molecular weight is 864 g/mol. The van der Waals surface area contributed by atoms with Crippen LogP contribution in [0.25, 0.3) is 44.7 Å². The Morgan fingerprint density at radius 3 is 1.64 bits per heavy atom. The van der Waals surface area contributed by atoms with Crippen molar-refractivity contribution in [1.82, 2.24) is 29.1 Å². The number of aliphatic hydroxyl groups excluding tert-OH is 4. The third-order valence-electron chi connectivity index (χ3n) is 8.76. The summed E-state index contributed by atoms with van der Waals surface area (Å²) in [5, 5.41) is 46.0. The molecule has 0 spiro atoms. The monoisotopic (exact) mass is 863 g/mol. The van der Waals surface area contributed by atoms with Gasteiger partial charge >= 0.3 is 0 Å². The predicted octanol–water partition coefficient (Wildman–Crippen LogP) is 3.93. The fourth-order valence-electron chi connectivity index (χ4n) is 5.94. The fraction of sp³-hybridized carbons (Fsp3) is 0.175. The molecule has 0 radical (unpaired) electrons. The first kappa shape index (κ1) is 43.7. The van der Waals surface area contributed by atoms with Crippen molar-refractivity contribution >= 4 is 57.2 Å². The maximum absolute atomic E-state index is 14.7. The summed E-state index contributed by atoms with van der Waals surface area (Å²) >= 11 is 6.12. The van der Waals surface area contributed by atoms with E-state index in [1.165, 1.54) is 25.1 Å². The molecule has 4 heterocycles. The minimum absolute atomic E-state index is 0.00932. The van der Waals surface area contributed by atoms with E-state index in [2.05, 4.69) is 35.9 Å². The van der Waals surface area contributed by atoms with Crippen molar-refractivity contribution in [2.75, 3.05) is 42.4 Å². The van der Waals surface area contributed by atoms with Crippen molar-refractivity contribution < 1.29 is 42.8 Å². The van der Waals surface area contributed by atoms with E-state index in [0.29, 0.717) is 34.5 Å². The number of carbonyl (C=O) groups is 1. The number of nitrogens with one attached hydrogen (secondary N) is 3. The molecular weight excluding hydrogens is 830 g/mol. The van der Waals surface area contributed by atoms with Crippen molar-refractivity contribution in [1.29, 1.82) is 0 Å². The SMILES string of the molecule is CC(=O)Nc1cccc(-c2nc(NC(CO)CO)nc3c2ccc(=O)n3-c2ccc(F)cc2F)c1.O=c1ccc2c(Cl)nc(NC(CO)CO)nc2n1-c1ccc(F)cc1F. The van der Waals surface area contributed by atoms with Crippen LogP contribution in [-0.4, -0.2) is 93.9 Å². The summed E-state index contributed by atoms with van der Waals surface area (Å²) < 4.78 is 57.6. The summed E-state index contributed by atoms with van der Waals surface area (Å²) in [7, 11) is 0. The molecule has 21 heteroatoms. The van der Waals surface area contributed by atoms with Gasteiger partial charge in [0.2, 0.25) is 17.8 Å². The third kappa shape index (κ3) is 9.80. The lowest BCUT2D eigenvalue weighted by Gasteiger charge is -2.17. The molecule has 0 atom stereocenters. The fourth-order valence-corrected chi connectivity index (χ4v) is 6.17. The number of carbonyl (C=O) groups excluding carboxylic acids is 1. The molecule has 0 aliphatic heterocycles. The van der Waals surface area contributed by atoms with Gasteiger partial charge in [0.25, 0.3) is 11.1 Å². The van der Waals surface area contributed by atoms with Crippen LogP contribution in [0.3, 0.4) is 0 Å². The van der Waals surface area contributed by atoms with E-state index in [0.717, 1.165) is 39.5 Å². The van der Waals surface area contributed by atoms with Crippen molar-refractivity contribution in [3.05, 3.63) is 134 Å². The van der Waals surface area contributed by atoms with Gasteiger partial charge in [-0.25, -0.2) is 27.5 Å². The number of hydrogen-bond acceptors (Lipinski definition) is 13. The van der Waals surface area contributed by atoms with Crippen LogP contribution in [0.15, 0.2) is 94.5 Å². The Hall–Kier alpha value is -6.84. The number of amides is 1. The number of aromatic nitrogens is 6. The van der Waals surface area contributed by atoms with Gasteiger partial charge in [0, 0.05) is 47.8 Å². The van der Waals surface area contributed by atoms with E-state index in [1.54, 1.807) is 24.3 Å². The second-order valence-electron chi connectivity index (χ2n) is 13.1.